The van der Waals surface area contributed by atoms with Crippen LogP contribution in [0.4, 0.5) is 11.6 Å². The fraction of sp³-hybridized carbons (Fsp3) is 0.292. The Morgan fingerprint density at radius 2 is 2.03 bits per heavy atom. The van der Waals surface area contributed by atoms with Crippen molar-refractivity contribution in [3.63, 3.8) is 0 Å². The lowest BCUT2D eigenvalue weighted by atomic mass is 9.95. The Bertz CT molecular complexity index is 1190. The lowest BCUT2D eigenvalue weighted by Crippen LogP contribution is -2.31. The molecule has 4 rings (SSSR count). The van der Waals surface area contributed by atoms with Gasteiger partial charge in [0.2, 0.25) is 11.1 Å². The molecule has 0 spiro atoms. The number of fused-ring (bicyclic) bond motifs is 1. The number of ether oxygens (including phenoxy) is 2. The Morgan fingerprint density at radius 3 is 2.79 bits per heavy atom. The van der Waals surface area contributed by atoms with E-state index in [1.165, 1.54) is 0 Å². The first-order chi connectivity index (χ1) is 16.0. The minimum Gasteiger partial charge on any atom is -0.497 e. The second kappa shape index (κ2) is 9.99. The lowest BCUT2D eigenvalue weighted by Gasteiger charge is -2.29. The largest absolute Gasteiger partial charge is 0.497 e. The van der Waals surface area contributed by atoms with Gasteiger partial charge in [-0.15, -0.1) is 5.10 Å². The van der Waals surface area contributed by atoms with Gasteiger partial charge in [-0.05, 0) is 49.4 Å². The van der Waals surface area contributed by atoms with Crippen LogP contribution >= 0.6 is 11.8 Å². The average molecular weight is 466 g/mol. The monoisotopic (exact) mass is 465 g/mol. The van der Waals surface area contributed by atoms with E-state index in [0.29, 0.717) is 46.2 Å². The van der Waals surface area contributed by atoms with Crippen LogP contribution in [0, 0.1) is 0 Å². The number of anilines is 2. The van der Waals surface area contributed by atoms with E-state index in [4.69, 9.17) is 14.6 Å². The third kappa shape index (κ3) is 4.68. The average Bonchev–Trinajstić information content (AvgIpc) is 3.21. The first-order valence-corrected chi connectivity index (χ1v) is 11.8. The van der Waals surface area contributed by atoms with Gasteiger partial charge in [-0.1, -0.05) is 43.0 Å². The third-order valence-corrected chi connectivity index (χ3v) is 5.92. The van der Waals surface area contributed by atoms with Gasteiger partial charge in [-0.2, -0.15) is 4.98 Å². The number of nitrogens with one attached hydrogen (secondary N) is 2. The molecule has 33 heavy (non-hydrogen) atoms. The Labute approximate surface area is 197 Å². The summed E-state index contributed by atoms with van der Waals surface area (Å²) < 4.78 is 12.9. The van der Waals surface area contributed by atoms with Crippen molar-refractivity contribution in [2.45, 2.75) is 32.0 Å². The Balaban J connectivity index is 1.78. The summed E-state index contributed by atoms with van der Waals surface area (Å²) in [5.41, 5.74) is 2.74. The van der Waals surface area contributed by atoms with Crippen LogP contribution in [0.2, 0.25) is 0 Å². The van der Waals surface area contributed by atoms with Crippen LogP contribution in [-0.2, 0) is 4.79 Å². The maximum Gasteiger partial charge on any atom is 0.255 e. The van der Waals surface area contributed by atoms with Crippen molar-refractivity contribution >= 4 is 29.3 Å². The molecule has 2 heterocycles. The summed E-state index contributed by atoms with van der Waals surface area (Å²) in [6.45, 7) is 6.34. The van der Waals surface area contributed by atoms with Gasteiger partial charge in [0.05, 0.1) is 25.0 Å². The molecular formula is C24H27N5O3S. The predicted molar refractivity (Wildman–Crippen MR) is 130 cm³/mol. The molecule has 1 aliphatic rings. The molecule has 0 saturated heterocycles. The molecule has 1 aliphatic heterocycles. The van der Waals surface area contributed by atoms with Gasteiger partial charge >= 0.3 is 0 Å². The van der Waals surface area contributed by atoms with E-state index in [1.54, 1.807) is 23.6 Å². The predicted octanol–water partition coefficient (Wildman–Crippen LogP) is 4.73. The number of nitrogens with zero attached hydrogens (tertiary/aromatic N) is 3. The maximum atomic E-state index is 13.7. The van der Waals surface area contributed by atoms with Gasteiger partial charge in [0.25, 0.3) is 5.91 Å². The molecule has 8 nitrogen and oxygen atoms in total. The van der Waals surface area contributed by atoms with Gasteiger partial charge in [-0.25, -0.2) is 4.68 Å². The highest BCUT2D eigenvalue weighted by molar-refractivity contribution is 7.99. The number of para-hydroxylation sites is 2. The zero-order chi connectivity index (χ0) is 23.4. The van der Waals surface area contributed by atoms with Crippen molar-refractivity contribution in [3.8, 4) is 11.5 Å². The highest BCUT2D eigenvalue weighted by Gasteiger charge is 2.34. The van der Waals surface area contributed by atoms with Crippen LogP contribution in [0.1, 0.15) is 32.4 Å². The second-order valence-electron chi connectivity index (χ2n) is 7.32. The van der Waals surface area contributed by atoms with Gasteiger partial charge in [0.1, 0.15) is 17.5 Å². The number of amides is 1. The minimum atomic E-state index is -0.477. The SMILES string of the molecule is CCOc1ccccc1NC(=O)C1=C(C)Nc2nc(SCC)nn2C1c1cccc(OC)c1. The molecule has 0 bridgehead atoms. The molecule has 0 aliphatic carbocycles. The van der Waals surface area contributed by atoms with Crippen LogP contribution in [0.3, 0.4) is 0 Å². The van der Waals surface area contributed by atoms with E-state index in [0.717, 1.165) is 11.3 Å². The molecule has 0 saturated carbocycles. The van der Waals surface area contributed by atoms with Crippen LogP contribution < -0.4 is 20.1 Å². The van der Waals surface area contributed by atoms with Gasteiger partial charge in [-0.3, -0.25) is 4.79 Å². The Kier molecular flexibility index (Phi) is 6.88. The van der Waals surface area contributed by atoms with Gasteiger partial charge < -0.3 is 20.1 Å². The standard InChI is InChI=1S/C24H27N5O3S/c1-5-32-19-13-8-7-12-18(19)26-22(30)20-15(3)25-23-27-24(33-6-2)28-29(23)21(20)16-10-9-11-17(14-16)31-4/h7-14,21H,5-6H2,1-4H3,(H,26,30)(H,25,27,28). The summed E-state index contributed by atoms with van der Waals surface area (Å²) in [7, 11) is 1.62. The molecule has 2 aromatic carbocycles. The highest BCUT2D eigenvalue weighted by atomic mass is 32.2. The number of hydrogen-bond acceptors (Lipinski definition) is 7. The molecule has 2 N–H and O–H groups in total. The Hall–Kier alpha value is -3.46. The first-order valence-electron chi connectivity index (χ1n) is 10.8. The number of hydrogen-bond donors (Lipinski definition) is 2. The number of benzene rings is 2. The molecule has 1 unspecified atom stereocenters. The number of carbonyl (C=O) groups excluding carboxylic acids is 1. The zero-order valence-corrected chi connectivity index (χ0v) is 19.9. The Morgan fingerprint density at radius 1 is 1.21 bits per heavy atom. The van der Waals surface area contributed by atoms with Crippen LogP contribution in [-0.4, -0.2) is 40.1 Å². The molecule has 1 atom stereocenters. The molecule has 9 heteroatoms. The van der Waals surface area contributed by atoms with Crippen molar-refractivity contribution < 1.29 is 14.3 Å². The maximum absolute atomic E-state index is 13.7. The van der Waals surface area contributed by atoms with E-state index >= 15 is 0 Å². The van der Waals surface area contributed by atoms with E-state index in [9.17, 15) is 4.79 Å². The molecule has 0 radical (unpaired) electrons. The smallest absolute Gasteiger partial charge is 0.255 e. The van der Waals surface area contributed by atoms with Crippen LogP contribution in [0.5, 0.6) is 11.5 Å². The highest BCUT2D eigenvalue weighted by Crippen LogP contribution is 2.38. The van der Waals surface area contributed by atoms with Crippen molar-refractivity contribution in [3.05, 3.63) is 65.4 Å². The van der Waals surface area contributed by atoms with E-state index in [2.05, 4.69) is 22.5 Å². The fourth-order valence-corrected chi connectivity index (χ4v) is 4.33. The summed E-state index contributed by atoms with van der Waals surface area (Å²) in [6.07, 6.45) is 0. The van der Waals surface area contributed by atoms with Crippen molar-refractivity contribution in [1.29, 1.82) is 0 Å². The normalized spacial score (nSPS) is 15.0. The third-order valence-electron chi connectivity index (χ3n) is 5.20. The second-order valence-corrected chi connectivity index (χ2v) is 8.55. The van der Waals surface area contributed by atoms with E-state index in [-0.39, 0.29) is 5.91 Å². The van der Waals surface area contributed by atoms with Gasteiger partial charge in [0.15, 0.2) is 0 Å². The summed E-state index contributed by atoms with van der Waals surface area (Å²) in [4.78, 5) is 18.3. The molecule has 172 valence electrons. The molecule has 1 aromatic heterocycles. The summed E-state index contributed by atoms with van der Waals surface area (Å²) >= 11 is 1.55. The summed E-state index contributed by atoms with van der Waals surface area (Å²) in [5.74, 6) is 2.53. The number of thioether (sulfide) groups is 1. The first kappa shape index (κ1) is 22.7. The number of methoxy groups -OCH3 is 1. The zero-order valence-electron chi connectivity index (χ0n) is 19.1. The number of aromatic nitrogens is 3. The molecule has 0 fully saturated rings. The van der Waals surface area contributed by atoms with Gasteiger partial charge in [0, 0.05) is 5.70 Å². The van der Waals surface area contributed by atoms with Crippen molar-refractivity contribution in [1.82, 2.24) is 14.8 Å². The van der Waals surface area contributed by atoms with Crippen LogP contribution in [0.25, 0.3) is 0 Å². The molecule has 3 aromatic rings. The fourth-order valence-electron chi connectivity index (χ4n) is 3.78. The minimum absolute atomic E-state index is 0.245. The number of rotatable bonds is 8. The number of carbonyl (C=O) groups is 1. The van der Waals surface area contributed by atoms with E-state index < -0.39 is 6.04 Å². The van der Waals surface area contributed by atoms with E-state index in [1.807, 2.05) is 62.4 Å². The summed E-state index contributed by atoms with van der Waals surface area (Å²) in [5, 5.41) is 11.6. The lowest BCUT2D eigenvalue weighted by molar-refractivity contribution is -0.113. The molecule has 1 amide bonds. The van der Waals surface area contributed by atoms with Crippen molar-refractivity contribution in [2.24, 2.45) is 0 Å². The number of allylic oxidation sites excluding steroid dienone is 1. The summed E-state index contributed by atoms with van der Waals surface area (Å²) in [6, 6.07) is 14.6. The van der Waals surface area contributed by atoms with Crippen molar-refractivity contribution in [2.75, 3.05) is 30.1 Å². The quantitative estimate of drug-likeness (QED) is 0.465. The van der Waals surface area contributed by atoms with Crippen LogP contribution in [0.15, 0.2) is 65.0 Å². The molecular weight excluding hydrogens is 438 g/mol. The topological polar surface area (TPSA) is 90.3 Å².